The van der Waals surface area contributed by atoms with Crippen LogP contribution in [0.2, 0.25) is 5.02 Å². The van der Waals surface area contributed by atoms with Gasteiger partial charge in [-0.25, -0.2) is 4.39 Å². The molecule has 112 valence electrons. The Hall–Kier alpha value is -0.600. The fourth-order valence-corrected chi connectivity index (χ4v) is 3.39. The van der Waals surface area contributed by atoms with Crippen LogP contribution in [0.5, 0.6) is 0 Å². The standard InChI is InChI=1S/C17H25ClFN/c1-12(2)10-20-11-14-5-3-4-13(14)8-15-9-16(19)6-7-17(15)18/h6-7,9,12-14,20H,3-5,8,10-11H2,1-2H3. The van der Waals surface area contributed by atoms with E-state index in [0.717, 1.165) is 25.1 Å². The molecule has 0 amide bonds. The summed E-state index contributed by atoms with van der Waals surface area (Å²) in [6.45, 7) is 6.61. The fraction of sp³-hybridized carbons (Fsp3) is 0.647. The number of hydrogen-bond donors (Lipinski definition) is 1. The van der Waals surface area contributed by atoms with Gasteiger partial charge in [0, 0.05) is 5.02 Å². The molecular formula is C17H25ClFN. The summed E-state index contributed by atoms with van der Waals surface area (Å²) in [6.07, 6.45) is 4.71. The maximum atomic E-state index is 13.3. The maximum absolute atomic E-state index is 13.3. The van der Waals surface area contributed by atoms with Gasteiger partial charge in [0.1, 0.15) is 5.82 Å². The van der Waals surface area contributed by atoms with E-state index in [0.29, 0.717) is 22.8 Å². The molecule has 1 aliphatic carbocycles. The topological polar surface area (TPSA) is 12.0 Å². The van der Waals surface area contributed by atoms with Gasteiger partial charge in [0.05, 0.1) is 0 Å². The van der Waals surface area contributed by atoms with Crippen LogP contribution in [-0.2, 0) is 6.42 Å². The summed E-state index contributed by atoms with van der Waals surface area (Å²) in [5, 5.41) is 4.26. The highest BCUT2D eigenvalue weighted by atomic mass is 35.5. The summed E-state index contributed by atoms with van der Waals surface area (Å²) < 4.78 is 13.3. The predicted molar refractivity (Wildman–Crippen MR) is 83.7 cm³/mol. The Balaban J connectivity index is 1.92. The third kappa shape index (κ3) is 4.46. The lowest BCUT2D eigenvalue weighted by molar-refractivity contribution is 0.357. The first kappa shape index (κ1) is 15.8. The van der Waals surface area contributed by atoms with Crippen molar-refractivity contribution in [3.8, 4) is 0 Å². The molecule has 1 nitrogen and oxygen atoms in total. The van der Waals surface area contributed by atoms with Gasteiger partial charge in [0.2, 0.25) is 0 Å². The molecule has 1 fully saturated rings. The van der Waals surface area contributed by atoms with Crippen LogP contribution in [0, 0.1) is 23.6 Å². The highest BCUT2D eigenvalue weighted by Gasteiger charge is 2.27. The molecule has 1 aromatic carbocycles. The van der Waals surface area contributed by atoms with Gasteiger partial charge in [-0.15, -0.1) is 0 Å². The smallest absolute Gasteiger partial charge is 0.123 e. The second-order valence-corrected chi connectivity index (χ2v) is 6.85. The monoisotopic (exact) mass is 297 g/mol. The van der Waals surface area contributed by atoms with Crippen LogP contribution >= 0.6 is 11.6 Å². The summed E-state index contributed by atoms with van der Waals surface area (Å²) in [7, 11) is 0. The lowest BCUT2D eigenvalue weighted by Crippen LogP contribution is -2.29. The van der Waals surface area contributed by atoms with E-state index in [1.807, 2.05) is 0 Å². The highest BCUT2D eigenvalue weighted by molar-refractivity contribution is 6.31. The van der Waals surface area contributed by atoms with Crippen LogP contribution in [0.4, 0.5) is 4.39 Å². The van der Waals surface area contributed by atoms with Crippen molar-refractivity contribution in [3.63, 3.8) is 0 Å². The Morgan fingerprint density at radius 1 is 1.30 bits per heavy atom. The van der Waals surface area contributed by atoms with E-state index in [1.165, 1.54) is 25.3 Å². The van der Waals surface area contributed by atoms with E-state index in [-0.39, 0.29) is 5.82 Å². The van der Waals surface area contributed by atoms with E-state index in [1.54, 1.807) is 12.1 Å². The zero-order chi connectivity index (χ0) is 14.5. The van der Waals surface area contributed by atoms with Crippen molar-refractivity contribution < 1.29 is 4.39 Å². The van der Waals surface area contributed by atoms with Gasteiger partial charge in [-0.2, -0.15) is 0 Å². The summed E-state index contributed by atoms with van der Waals surface area (Å²) in [5.41, 5.74) is 0.965. The molecule has 3 heteroatoms. The number of hydrogen-bond acceptors (Lipinski definition) is 1. The van der Waals surface area contributed by atoms with Crippen molar-refractivity contribution in [1.29, 1.82) is 0 Å². The Labute approximate surface area is 126 Å². The molecule has 0 saturated heterocycles. The average molecular weight is 298 g/mol. The molecule has 0 radical (unpaired) electrons. The Bertz CT molecular complexity index is 433. The lowest BCUT2D eigenvalue weighted by Gasteiger charge is -2.21. The molecule has 20 heavy (non-hydrogen) atoms. The van der Waals surface area contributed by atoms with Gasteiger partial charge in [-0.05, 0) is 73.9 Å². The predicted octanol–water partition coefficient (Wildman–Crippen LogP) is 4.68. The second kappa shape index (κ2) is 7.42. The fourth-order valence-electron chi connectivity index (χ4n) is 3.19. The molecule has 0 aliphatic heterocycles. The second-order valence-electron chi connectivity index (χ2n) is 6.44. The maximum Gasteiger partial charge on any atom is 0.123 e. The summed E-state index contributed by atoms with van der Waals surface area (Å²) in [5.74, 6) is 1.84. The van der Waals surface area contributed by atoms with E-state index in [2.05, 4.69) is 19.2 Å². The van der Waals surface area contributed by atoms with Gasteiger partial charge in [0.25, 0.3) is 0 Å². The number of rotatable bonds is 6. The van der Waals surface area contributed by atoms with Crippen LogP contribution in [-0.4, -0.2) is 13.1 Å². The van der Waals surface area contributed by atoms with Crippen LogP contribution in [0.1, 0.15) is 38.7 Å². The Kier molecular flexibility index (Phi) is 5.86. The molecule has 2 rings (SSSR count). The molecule has 0 bridgehead atoms. The van der Waals surface area contributed by atoms with Gasteiger partial charge in [-0.1, -0.05) is 31.9 Å². The third-order valence-corrected chi connectivity index (χ3v) is 4.63. The largest absolute Gasteiger partial charge is 0.316 e. The first-order chi connectivity index (χ1) is 9.56. The third-order valence-electron chi connectivity index (χ3n) is 4.27. The number of benzene rings is 1. The lowest BCUT2D eigenvalue weighted by atomic mass is 9.89. The van der Waals surface area contributed by atoms with Gasteiger partial charge >= 0.3 is 0 Å². The summed E-state index contributed by atoms with van der Waals surface area (Å²) in [6, 6.07) is 4.70. The van der Waals surface area contributed by atoms with E-state index < -0.39 is 0 Å². The van der Waals surface area contributed by atoms with Crippen LogP contribution in [0.3, 0.4) is 0 Å². The molecule has 0 heterocycles. The van der Waals surface area contributed by atoms with Crippen molar-refractivity contribution in [3.05, 3.63) is 34.6 Å². The quantitative estimate of drug-likeness (QED) is 0.803. The normalized spacial score (nSPS) is 22.6. The van der Waals surface area contributed by atoms with E-state index in [4.69, 9.17) is 11.6 Å². The van der Waals surface area contributed by atoms with Gasteiger partial charge < -0.3 is 5.32 Å². The summed E-state index contributed by atoms with van der Waals surface area (Å²) >= 11 is 6.19. The van der Waals surface area contributed by atoms with Gasteiger partial charge in [0.15, 0.2) is 0 Å². The van der Waals surface area contributed by atoms with Crippen molar-refractivity contribution in [2.24, 2.45) is 17.8 Å². The molecule has 1 saturated carbocycles. The average Bonchev–Trinajstić information content (AvgIpc) is 2.81. The molecule has 2 atom stereocenters. The van der Waals surface area contributed by atoms with Crippen LogP contribution in [0.15, 0.2) is 18.2 Å². The highest BCUT2D eigenvalue weighted by Crippen LogP contribution is 2.35. The Morgan fingerprint density at radius 3 is 2.80 bits per heavy atom. The van der Waals surface area contributed by atoms with E-state index in [9.17, 15) is 4.39 Å². The molecular weight excluding hydrogens is 273 g/mol. The molecule has 1 N–H and O–H groups in total. The summed E-state index contributed by atoms with van der Waals surface area (Å²) in [4.78, 5) is 0. The first-order valence-corrected chi connectivity index (χ1v) is 8.08. The van der Waals surface area contributed by atoms with E-state index >= 15 is 0 Å². The van der Waals surface area contributed by atoms with Crippen LogP contribution < -0.4 is 5.32 Å². The molecule has 0 aromatic heterocycles. The minimum absolute atomic E-state index is 0.183. The molecule has 1 aromatic rings. The SMILES string of the molecule is CC(C)CNCC1CCCC1Cc1cc(F)ccc1Cl. The van der Waals surface area contributed by atoms with Crippen molar-refractivity contribution >= 4 is 11.6 Å². The van der Waals surface area contributed by atoms with Gasteiger partial charge in [-0.3, -0.25) is 0 Å². The minimum Gasteiger partial charge on any atom is -0.316 e. The van der Waals surface area contributed by atoms with Crippen LogP contribution in [0.25, 0.3) is 0 Å². The Morgan fingerprint density at radius 2 is 2.05 bits per heavy atom. The number of nitrogens with one attached hydrogen (secondary N) is 1. The zero-order valence-electron chi connectivity index (χ0n) is 12.5. The van der Waals surface area contributed by atoms with Crippen molar-refractivity contribution in [1.82, 2.24) is 5.32 Å². The molecule has 1 aliphatic rings. The zero-order valence-corrected chi connectivity index (χ0v) is 13.2. The molecule has 0 spiro atoms. The minimum atomic E-state index is -0.183. The van der Waals surface area contributed by atoms with Crippen molar-refractivity contribution in [2.75, 3.05) is 13.1 Å². The molecule has 2 unspecified atom stereocenters. The van der Waals surface area contributed by atoms with Crippen molar-refractivity contribution in [2.45, 2.75) is 39.5 Å². The first-order valence-electron chi connectivity index (χ1n) is 7.71. The number of halogens is 2.